The van der Waals surface area contributed by atoms with E-state index in [0.29, 0.717) is 5.69 Å². The molecule has 2 bridgehead atoms. The van der Waals surface area contributed by atoms with Gasteiger partial charge in [0.2, 0.25) is 0 Å². The Labute approximate surface area is 155 Å². The maximum absolute atomic E-state index is 13.6. The molecule has 0 spiro atoms. The molecule has 0 saturated heterocycles. The molecule has 0 aliphatic heterocycles. The van der Waals surface area contributed by atoms with Gasteiger partial charge in [0.15, 0.2) is 0 Å². The van der Waals surface area contributed by atoms with Crippen LogP contribution in [0.3, 0.4) is 0 Å². The predicted octanol–water partition coefficient (Wildman–Crippen LogP) is 3.76. The number of nitrogens with zero attached hydrogens (tertiary/aromatic N) is 3. The van der Waals surface area contributed by atoms with Crippen LogP contribution in [0.1, 0.15) is 45.7 Å². The van der Waals surface area contributed by atoms with E-state index in [9.17, 15) is 9.18 Å². The third-order valence-corrected chi connectivity index (χ3v) is 5.31. The van der Waals surface area contributed by atoms with Crippen molar-refractivity contribution >= 4 is 17.7 Å². The van der Waals surface area contributed by atoms with E-state index in [1.165, 1.54) is 12.1 Å². The lowest BCUT2D eigenvalue weighted by atomic mass is 9.38. The summed E-state index contributed by atoms with van der Waals surface area (Å²) in [7, 11) is 0. The van der Waals surface area contributed by atoms with Crippen molar-refractivity contribution in [3.63, 3.8) is 0 Å². The van der Waals surface area contributed by atoms with Crippen LogP contribution in [0.2, 0.25) is 5.02 Å². The number of aromatic nitrogens is 3. The van der Waals surface area contributed by atoms with Crippen molar-refractivity contribution in [2.24, 2.45) is 0 Å². The molecule has 3 saturated carbocycles. The summed E-state index contributed by atoms with van der Waals surface area (Å²) in [6.45, 7) is 5.52. The van der Waals surface area contributed by atoms with Gasteiger partial charge in [-0.2, -0.15) is 0 Å². The quantitative estimate of drug-likeness (QED) is 0.882. The van der Waals surface area contributed by atoms with Crippen LogP contribution in [0.25, 0.3) is 5.69 Å². The van der Waals surface area contributed by atoms with Gasteiger partial charge in [-0.3, -0.25) is 0 Å². The van der Waals surface area contributed by atoms with Crippen LogP contribution in [0.4, 0.5) is 9.18 Å². The van der Waals surface area contributed by atoms with Crippen molar-refractivity contribution in [3.05, 3.63) is 40.9 Å². The van der Waals surface area contributed by atoms with Crippen LogP contribution < -0.4 is 5.32 Å². The van der Waals surface area contributed by atoms with Crippen LogP contribution in [-0.4, -0.2) is 32.2 Å². The largest absolute Gasteiger partial charge is 0.444 e. The molecule has 1 N–H and O–H groups in total. The predicted molar refractivity (Wildman–Crippen MR) is 94.0 cm³/mol. The fourth-order valence-corrected chi connectivity index (χ4v) is 4.09. The third kappa shape index (κ3) is 2.84. The molecule has 1 aromatic heterocycles. The lowest BCUT2D eigenvalue weighted by Crippen LogP contribution is -2.77. The van der Waals surface area contributed by atoms with Crippen molar-refractivity contribution in [1.82, 2.24) is 20.3 Å². The fourth-order valence-electron chi connectivity index (χ4n) is 3.97. The summed E-state index contributed by atoms with van der Waals surface area (Å²) in [5, 5.41) is 11.4. The number of halogens is 2. The maximum atomic E-state index is 13.6. The zero-order chi connectivity index (χ0) is 18.7. The lowest BCUT2D eigenvalue weighted by molar-refractivity contribution is -0.0909. The first-order valence-electron chi connectivity index (χ1n) is 8.49. The van der Waals surface area contributed by atoms with Crippen molar-refractivity contribution in [2.45, 2.75) is 56.6 Å². The van der Waals surface area contributed by atoms with Gasteiger partial charge >= 0.3 is 6.09 Å². The molecule has 3 fully saturated rings. The zero-order valence-electron chi connectivity index (χ0n) is 14.8. The third-order valence-electron chi connectivity index (χ3n) is 5.00. The summed E-state index contributed by atoms with van der Waals surface area (Å²) in [6, 6.07) is 4.51. The Hall–Kier alpha value is -2.15. The Morgan fingerprint density at radius 1 is 1.35 bits per heavy atom. The van der Waals surface area contributed by atoms with E-state index in [4.69, 9.17) is 16.3 Å². The summed E-state index contributed by atoms with van der Waals surface area (Å²) >= 11 is 5.72. The van der Waals surface area contributed by atoms with E-state index in [1.807, 2.05) is 27.0 Å². The number of benzene rings is 1. The van der Waals surface area contributed by atoms with Gasteiger partial charge in [-0.05, 0) is 52.2 Å². The first kappa shape index (κ1) is 17.3. The number of nitrogens with one attached hydrogen (secondary N) is 1. The molecule has 138 valence electrons. The smallest absolute Gasteiger partial charge is 0.408 e. The van der Waals surface area contributed by atoms with E-state index < -0.39 is 11.4 Å². The SMILES string of the molecule is CC(C)(C)OC(=O)NC12CC(c3cn(-c4ccc(Cl)c(F)c4)nn3)(C1)C2. The summed E-state index contributed by atoms with van der Waals surface area (Å²) in [5.74, 6) is -0.493. The Balaban J connectivity index is 1.42. The molecule has 3 aliphatic carbocycles. The van der Waals surface area contributed by atoms with Crippen LogP contribution in [0.15, 0.2) is 24.4 Å². The molecule has 26 heavy (non-hydrogen) atoms. The minimum atomic E-state index is -0.512. The highest BCUT2D eigenvalue weighted by Crippen LogP contribution is 2.67. The number of alkyl carbamates (subject to hydrolysis) is 1. The second-order valence-corrected chi connectivity index (χ2v) is 8.77. The molecule has 0 atom stereocenters. The summed E-state index contributed by atoms with van der Waals surface area (Å²) < 4.78 is 20.5. The Kier molecular flexibility index (Phi) is 3.60. The first-order chi connectivity index (χ1) is 12.1. The number of hydrogen-bond acceptors (Lipinski definition) is 4. The van der Waals surface area contributed by atoms with Crippen LogP contribution in [0, 0.1) is 5.82 Å². The minimum absolute atomic E-state index is 0.0573. The highest BCUT2D eigenvalue weighted by Gasteiger charge is 2.70. The minimum Gasteiger partial charge on any atom is -0.444 e. The lowest BCUT2D eigenvalue weighted by Gasteiger charge is -2.69. The molecule has 1 amide bonds. The topological polar surface area (TPSA) is 69.0 Å². The number of amides is 1. The number of rotatable bonds is 3. The Morgan fingerprint density at radius 2 is 2.04 bits per heavy atom. The summed E-state index contributed by atoms with van der Waals surface area (Å²) in [4.78, 5) is 12.0. The Bertz CT molecular complexity index is 870. The molecule has 0 radical (unpaired) electrons. The highest BCUT2D eigenvalue weighted by atomic mass is 35.5. The molecular formula is C18H20ClFN4O2. The van der Waals surface area contributed by atoms with Gasteiger partial charge in [-0.1, -0.05) is 16.8 Å². The van der Waals surface area contributed by atoms with Crippen molar-refractivity contribution in [2.75, 3.05) is 0 Å². The van der Waals surface area contributed by atoms with Gasteiger partial charge in [0, 0.05) is 17.0 Å². The summed E-state index contributed by atoms with van der Waals surface area (Å²) in [5.41, 5.74) is 0.665. The van der Waals surface area contributed by atoms with Crippen LogP contribution >= 0.6 is 11.6 Å². The van der Waals surface area contributed by atoms with E-state index in [-0.39, 0.29) is 22.1 Å². The highest BCUT2D eigenvalue weighted by molar-refractivity contribution is 6.30. The van der Waals surface area contributed by atoms with E-state index in [2.05, 4.69) is 15.6 Å². The van der Waals surface area contributed by atoms with E-state index in [1.54, 1.807) is 10.7 Å². The number of carbonyl (C=O) groups excluding carboxylic acids is 1. The van der Waals surface area contributed by atoms with Gasteiger partial charge in [0.25, 0.3) is 0 Å². The van der Waals surface area contributed by atoms with Crippen molar-refractivity contribution in [3.8, 4) is 5.69 Å². The molecule has 8 heteroatoms. The van der Waals surface area contributed by atoms with E-state index >= 15 is 0 Å². The fraction of sp³-hybridized carbons (Fsp3) is 0.500. The second-order valence-electron chi connectivity index (χ2n) is 8.36. The molecule has 6 nitrogen and oxygen atoms in total. The van der Waals surface area contributed by atoms with Gasteiger partial charge in [-0.15, -0.1) is 5.10 Å². The van der Waals surface area contributed by atoms with Gasteiger partial charge in [-0.25, -0.2) is 13.9 Å². The monoisotopic (exact) mass is 378 g/mol. The molecular weight excluding hydrogens is 359 g/mol. The first-order valence-corrected chi connectivity index (χ1v) is 8.87. The molecule has 3 aliphatic rings. The maximum Gasteiger partial charge on any atom is 0.408 e. The van der Waals surface area contributed by atoms with Crippen molar-refractivity contribution in [1.29, 1.82) is 0 Å². The van der Waals surface area contributed by atoms with Gasteiger partial charge in [0.05, 0.1) is 22.6 Å². The average Bonchev–Trinajstić information content (AvgIpc) is 2.92. The van der Waals surface area contributed by atoms with Gasteiger partial charge < -0.3 is 10.1 Å². The molecule has 1 heterocycles. The molecule has 0 unspecified atom stereocenters. The van der Waals surface area contributed by atoms with Crippen LogP contribution in [0.5, 0.6) is 0 Å². The van der Waals surface area contributed by atoms with Crippen molar-refractivity contribution < 1.29 is 13.9 Å². The number of hydrogen-bond donors (Lipinski definition) is 1. The number of ether oxygens (including phenoxy) is 1. The molecule has 2 aromatic rings. The van der Waals surface area contributed by atoms with Crippen LogP contribution in [-0.2, 0) is 10.2 Å². The molecule has 1 aromatic carbocycles. The normalized spacial score (nSPS) is 26.7. The second kappa shape index (κ2) is 5.42. The van der Waals surface area contributed by atoms with Gasteiger partial charge in [0.1, 0.15) is 11.4 Å². The average molecular weight is 379 g/mol. The zero-order valence-corrected chi connectivity index (χ0v) is 15.6. The number of carbonyl (C=O) groups is 1. The molecule has 5 rings (SSSR count). The standard InChI is InChI=1S/C18H20ClFN4O2/c1-16(2,3)26-15(25)21-18-8-17(9-18,10-18)14-7-24(23-22-14)11-4-5-12(19)13(20)6-11/h4-7H,8-10H2,1-3H3,(H,21,25). The summed E-state index contributed by atoms with van der Waals surface area (Å²) in [6.07, 6.45) is 3.87. The Morgan fingerprint density at radius 3 is 2.65 bits per heavy atom. The van der Waals surface area contributed by atoms with E-state index in [0.717, 1.165) is 25.0 Å².